The lowest BCUT2D eigenvalue weighted by Crippen LogP contribution is -2.43. The van der Waals surface area contributed by atoms with Crippen molar-refractivity contribution >= 4 is 11.9 Å². The topological polar surface area (TPSA) is 87.1 Å². The summed E-state index contributed by atoms with van der Waals surface area (Å²) >= 11 is 0. The SMILES string of the molecule is CC(C)(C)OC(=O)C1CCCN1C(=O)c1ccc(O)cc1O. The van der Waals surface area contributed by atoms with E-state index in [1.165, 1.54) is 17.0 Å². The Bertz CT molecular complexity index is 591. The number of hydrogen-bond donors (Lipinski definition) is 2. The second-order valence-electron chi connectivity index (χ2n) is 6.39. The molecule has 0 bridgehead atoms. The highest BCUT2D eigenvalue weighted by Crippen LogP contribution is 2.28. The summed E-state index contributed by atoms with van der Waals surface area (Å²) in [5, 5.41) is 19.1. The number of hydrogen-bond acceptors (Lipinski definition) is 5. The van der Waals surface area contributed by atoms with Gasteiger partial charge in [-0.15, -0.1) is 0 Å². The number of amides is 1. The Morgan fingerprint density at radius 2 is 1.95 bits per heavy atom. The smallest absolute Gasteiger partial charge is 0.329 e. The molecule has 1 aliphatic rings. The van der Waals surface area contributed by atoms with Crippen LogP contribution in [0.4, 0.5) is 0 Å². The van der Waals surface area contributed by atoms with Crippen LogP contribution in [0.25, 0.3) is 0 Å². The van der Waals surface area contributed by atoms with Gasteiger partial charge in [0.1, 0.15) is 23.1 Å². The van der Waals surface area contributed by atoms with Gasteiger partial charge < -0.3 is 19.8 Å². The fourth-order valence-corrected chi connectivity index (χ4v) is 2.48. The zero-order chi connectivity index (χ0) is 16.5. The first kappa shape index (κ1) is 16.1. The van der Waals surface area contributed by atoms with Crippen molar-refractivity contribution in [3.8, 4) is 11.5 Å². The third kappa shape index (κ3) is 3.50. The highest BCUT2D eigenvalue weighted by molar-refractivity contribution is 5.99. The monoisotopic (exact) mass is 307 g/mol. The van der Waals surface area contributed by atoms with Crippen LogP contribution in [-0.2, 0) is 9.53 Å². The zero-order valence-electron chi connectivity index (χ0n) is 13.0. The first-order valence-corrected chi connectivity index (χ1v) is 7.25. The van der Waals surface area contributed by atoms with E-state index in [2.05, 4.69) is 0 Å². The molecule has 0 radical (unpaired) electrons. The van der Waals surface area contributed by atoms with E-state index >= 15 is 0 Å². The quantitative estimate of drug-likeness (QED) is 0.817. The summed E-state index contributed by atoms with van der Waals surface area (Å²) < 4.78 is 5.35. The van der Waals surface area contributed by atoms with Crippen molar-refractivity contribution in [2.75, 3.05) is 6.54 Å². The molecule has 1 aromatic rings. The van der Waals surface area contributed by atoms with E-state index in [1.807, 2.05) is 0 Å². The van der Waals surface area contributed by atoms with Gasteiger partial charge in [-0.05, 0) is 45.7 Å². The van der Waals surface area contributed by atoms with Crippen molar-refractivity contribution in [3.63, 3.8) is 0 Å². The number of ether oxygens (including phenoxy) is 1. The molecule has 1 heterocycles. The number of rotatable bonds is 2. The number of nitrogens with zero attached hydrogens (tertiary/aromatic N) is 1. The van der Waals surface area contributed by atoms with E-state index in [0.29, 0.717) is 19.4 Å². The molecule has 1 unspecified atom stereocenters. The highest BCUT2D eigenvalue weighted by Gasteiger charge is 2.37. The average Bonchev–Trinajstić information content (AvgIpc) is 2.85. The molecule has 1 saturated heterocycles. The van der Waals surface area contributed by atoms with Gasteiger partial charge in [-0.3, -0.25) is 4.79 Å². The molecular weight excluding hydrogens is 286 g/mol. The number of esters is 1. The van der Waals surface area contributed by atoms with Crippen molar-refractivity contribution < 1.29 is 24.5 Å². The van der Waals surface area contributed by atoms with Crippen molar-refractivity contribution in [2.24, 2.45) is 0 Å². The first-order chi connectivity index (χ1) is 10.2. The van der Waals surface area contributed by atoms with E-state index < -0.39 is 23.5 Å². The van der Waals surface area contributed by atoms with Gasteiger partial charge >= 0.3 is 5.97 Å². The Hall–Kier alpha value is -2.24. The van der Waals surface area contributed by atoms with Crippen LogP contribution in [0.2, 0.25) is 0 Å². The van der Waals surface area contributed by atoms with Gasteiger partial charge in [0, 0.05) is 12.6 Å². The minimum absolute atomic E-state index is 0.0632. The lowest BCUT2D eigenvalue weighted by atomic mass is 10.1. The average molecular weight is 307 g/mol. The summed E-state index contributed by atoms with van der Waals surface area (Å²) in [4.78, 5) is 26.2. The van der Waals surface area contributed by atoms with Gasteiger partial charge in [0.2, 0.25) is 0 Å². The van der Waals surface area contributed by atoms with Crippen molar-refractivity contribution in [1.29, 1.82) is 0 Å². The fourth-order valence-electron chi connectivity index (χ4n) is 2.48. The summed E-state index contributed by atoms with van der Waals surface area (Å²) in [6, 6.07) is 3.13. The summed E-state index contributed by atoms with van der Waals surface area (Å²) in [5.41, 5.74) is -0.553. The number of carbonyl (C=O) groups is 2. The third-order valence-electron chi connectivity index (χ3n) is 3.40. The molecule has 2 N–H and O–H groups in total. The maximum atomic E-state index is 12.5. The molecule has 0 saturated carbocycles. The molecule has 1 aliphatic heterocycles. The minimum Gasteiger partial charge on any atom is -0.508 e. The Morgan fingerprint density at radius 1 is 1.27 bits per heavy atom. The second-order valence-corrected chi connectivity index (χ2v) is 6.39. The van der Waals surface area contributed by atoms with Crippen LogP contribution < -0.4 is 0 Å². The van der Waals surface area contributed by atoms with E-state index in [9.17, 15) is 19.8 Å². The van der Waals surface area contributed by atoms with Crippen LogP contribution in [0.1, 0.15) is 44.0 Å². The summed E-state index contributed by atoms with van der Waals surface area (Å²) in [6.07, 6.45) is 1.24. The maximum absolute atomic E-state index is 12.5. The molecule has 2 rings (SSSR count). The molecule has 0 aromatic heterocycles. The third-order valence-corrected chi connectivity index (χ3v) is 3.40. The molecule has 0 aliphatic carbocycles. The number of carbonyl (C=O) groups excluding carboxylic acids is 2. The molecular formula is C16H21NO5. The summed E-state index contributed by atoms with van der Waals surface area (Å²) in [7, 11) is 0. The molecule has 1 amide bonds. The van der Waals surface area contributed by atoms with Crippen LogP contribution >= 0.6 is 0 Å². The highest BCUT2D eigenvalue weighted by atomic mass is 16.6. The molecule has 1 aromatic carbocycles. The summed E-state index contributed by atoms with van der Waals surface area (Å²) in [5.74, 6) is -1.30. The van der Waals surface area contributed by atoms with Crippen molar-refractivity contribution in [3.05, 3.63) is 23.8 Å². The Labute approximate surface area is 129 Å². The van der Waals surface area contributed by atoms with E-state index in [1.54, 1.807) is 20.8 Å². The Kier molecular flexibility index (Phi) is 4.30. The second kappa shape index (κ2) is 5.87. The van der Waals surface area contributed by atoms with Gasteiger partial charge in [-0.1, -0.05) is 0 Å². The number of phenolic OH excluding ortho intramolecular Hbond substituents is 2. The van der Waals surface area contributed by atoms with E-state index in [-0.39, 0.29) is 17.1 Å². The van der Waals surface area contributed by atoms with Crippen LogP contribution in [0.3, 0.4) is 0 Å². The van der Waals surface area contributed by atoms with Gasteiger partial charge in [-0.2, -0.15) is 0 Å². The number of likely N-dealkylation sites (tertiary alicyclic amines) is 1. The number of phenols is 2. The standard InChI is InChI=1S/C16H21NO5/c1-16(2,3)22-15(21)12-5-4-8-17(12)14(20)11-7-6-10(18)9-13(11)19/h6-7,9,12,18-19H,4-5,8H2,1-3H3. The van der Waals surface area contributed by atoms with Gasteiger partial charge in [0.15, 0.2) is 0 Å². The lowest BCUT2D eigenvalue weighted by molar-refractivity contribution is -0.159. The summed E-state index contributed by atoms with van der Waals surface area (Å²) in [6.45, 7) is 5.76. The van der Waals surface area contributed by atoms with Crippen LogP contribution in [0.5, 0.6) is 11.5 Å². The van der Waals surface area contributed by atoms with Gasteiger partial charge in [0.25, 0.3) is 5.91 Å². The maximum Gasteiger partial charge on any atom is 0.329 e. The van der Waals surface area contributed by atoms with Gasteiger partial charge in [0.05, 0.1) is 5.56 Å². The molecule has 0 spiro atoms. The molecule has 120 valence electrons. The first-order valence-electron chi connectivity index (χ1n) is 7.25. The van der Waals surface area contributed by atoms with Crippen LogP contribution in [-0.4, -0.2) is 45.2 Å². The van der Waals surface area contributed by atoms with E-state index in [0.717, 1.165) is 6.07 Å². The van der Waals surface area contributed by atoms with Crippen LogP contribution in [0.15, 0.2) is 18.2 Å². The fraction of sp³-hybridized carbons (Fsp3) is 0.500. The lowest BCUT2D eigenvalue weighted by Gasteiger charge is -2.27. The van der Waals surface area contributed by atoms with E-state index in [4.69, 9.17) is 4.74 Å². The van der Waals surface area contributed by atoms with Crippen LogP contribution in [0, 0.1) is 0 Å². The Morgan fingerprint density at radius 3 is 2.55 bits per heavy atom. The minimum atomic E-state index is -0.639. The number of aromatic hydroxyl groups is 2. The van der Waals surface area contributed by atoms with Crippen molar-refractivity contribution in [1.82, 2.24) is 4.90 Å². The number of benzene rings is 1. The van der Waals surface area contributed by atoms with Crippen molar-refractivity contribution in [2.45, 2.75) is 45.3 Å². The molecule has 22 heavy (non-hydrogen) atoms. The zero-order valence-corrected chi connectivity index (χ0v) is 13.0. The molecule has 6 nitrogen and oxygen atoms in total. The predicted octanol–water partition coefficient (Wildman–Crippen LogP) is 2.04. The normalized spacial score (nSPS) is 18.3. The molecule has 1 atom stereocenters. The predicted molar refractivity (Wildman–Crippen MR) is 79.7 cm³/mol. The van der Waals surface area contributed by atoms with Gasteiger partial charge in [-0.25, -0.2) is 4.79 Å². The Balaban J connectivity index is 2.19. The molecule has 6 heteroatoms. The molecule has 1 fully saturated rings. The largest absolute Gasteiger partial charge is 0.508 e.